The second-order valence-corrected chi connectivity index (χ2v) is 8.74. The molecule has 0 aliphatic rings. The van der Waals surface area contributed by atoms with Crippen molar-refractivity contribution in [1.29, 1.82) is 0 Å². The summed E-state index contributed by atoms with van der Waals surface area (Å²) >= 11 is 0. The van der Waals surface area contributed by atoms with E-state index in [1.807, 2.05) is 0 Å². The van der Waals surface area contributed by atoms with Crippen molar-refractivity contribution in [2.24, 2.45) is 0 Å². The summed E-state index contributed by atoms with van der Waals surface area (Å²) in [4.78, 5) is 12.3. The first kappa shape index (κ1) is 14.7. The minimum absolute atomic E-state index is 0.494. The molecule has 4 nitrogen and oxygen atoms in total. The van der Waals surface area contributed by atoms with Crippen LogP contribution in [-0.2, 0) is 14.7 Å². The van der Waals surface area contributed by atoms with Gasteiger partial charge in [0.05, 0.1) is 0 Å². The molecule has 0 atom stereocenters. The Kier molecular flexibility index (Phi) is 4.16. The number of rotatable bonds is 2. The summed E-state index contributed by atoms with van der Waals surface area (Å²) in [5, 5.41) is 2.63. The zero-order valence-electron chi connectivity index (χ0n) is 11.5. The fraction of sp³-hybridized carbons (Fsp3) is 0.462. The maximum absolute atomic E-state index is 11.8. The smallest absolute Gasteiger partial charge is 0.412 e. The van der Waals surface area contributed by atoms with Gasteiger partial charge in [-0.15, -0.1) is 0 Å². The van der Waals surface area contributed by atoms with E-state index in [0.717, 1.165) is 4.90 Å². The van der Waals surface area contributed by atoms with Gasteiger partial charge in [-0.1, -0.05) is 9.93 Å². The normalized spacial score (nSPS) is 12.9. The van der Waals surface area contributed by atoms with Gasteiger partial charge in [0, 0.05) is 10.6 Å². The molecule has 0 saturated heterocycles. The van der Waals surface area contributed by atoms with Crippen LogP contribution in [0.3, 0.4) is 0 Å². The predicted molar refractivity (Wildman–Crippen MR) is 76.0 cm³/mol. The third-order valence-electron chi connectivity index (χ3n) is 2.13. The molecule has 18 heavy (non-hydrogen) atoms. The summed E-state index contributed by atoms with van der Waals surface area (Å²) in [6, 6.07) is 6.96. The maximum Gasteiger partial charge on any atom is 0.412 e. The van der Waals surface area contributed by atoms with E-state index >= 15 is 0 Å². The minimum Gasteiger partial charge on any atom is -0.444 e. The number of anilines is 1. The van der Waals surface area contributed by atoms with E-state index in [2.05, 4.69) is 5.32 Å². The SMILES string of the molecule is CC(C)(C)OC(=O)Nc1ccc([SH](C)(C)=O)cc1. The van der Waals surface area contributed by atoms with E-state index in [1.165, 1.54) is 0 Å². The van der Waals surface area contributed by atoms with Gasteiger partial charge in [0.2, 0.25) is 0 Å². The third kappa shape index (κ3) is 4.87. The Morgan fingerprint density at radius 2 is 1.67 bits per heavy atom. The van der Waals surface area contributed by atoms with Crippen LogP contribution in [0.1, 0.15) is 20.8 Å². The first-order chi connectivity index (χ1) is 8.08. The number of ether oxygens (including phenoxy) is 1. The number of amides is 1. The standard InChI is InChI=1S/C13H21NO3S/c1-13(2,3)17-12(15)14-10-6-8-11(9-7-10)18(4,5)16/h6-9,18H,1-5H3,(H,14,15). The fourth-order valence-electron chi connectivity index (χ4n) is 1.33. The van der Waals surface area contributed by atoms with Crippen LogP contribution in [0, 0.1) is 0 Å². The number of carbonyl (C=O) groups excluding carboxylic acids is 1. The van der Waals surface area contributed by atoms with Crippen molar-refractivity contribution in [1.82, 2.24) is 0 Å². The van der Waals surface area contributed by atoms with Crippen molar-refractivity contribution in [3.8, 4) is 0 Å². The lowest BCUT2D eigenvalue weighted by Gasteiger charge is -2.20. The lowest BCUT2D eigenvalue weighted by atomic mass is 10.2. The molecule has 0 aliphatic heterocycles. The van der Waals surface area contributed by atoms with Crippen LogP contribution in [0.15, 0.2) is 29.2 Å². The van der Waals surface area contributed by atoms with Crippen LogP contribution in [0.2, 0.25) is 0 Å². The highest BCUT2D eigenvalue weighted by Crippen LogP contribution is 2.17. The summed E-state index contributed by atoms with van der Waals surface area (Å²) in [7, 11) is -2.25. The molecule has 5 heteroatoms. The van der Waals surface area contributed by atoms with Gasteiger partial charge in [0.1, 0.15) is 5.60 Å². The van der Waals surface area contributed by atoms with Crippen LogP contribution in [0.5, 0.6) is 0 Å². The Morgan fingerprint density at radius 3 is 2.06 bits per heavy atom. The van der Waals surface area contributed by atoms with Crippen molar-refractivity contribution in [2.75, 3.05) is 17.8 Å². The van der Waals surface area contributed by atoms with Gasteiger partial charge in [-0.05, 0) is 57.5 Å². The first-order valence-electron chi connectivity index (χ1n) is 5.73. The second-order valence-electron chi connectivity index (χ2n) is 5.52. The Bertz CT molecular complexity index is 468. The summed E-state index contributed by atoms with van der Waals surface area (Å²) in [5.41, 5.74) is 0.105. The molecule has 0 bridgehead atoms. The summed E-state index contributed by atoms with van der Waals surface area (Å²) < 4.78 is 17.0. The summed E-state index contributed by atoms with van der Waals surface area (Å²) in [5.74, 6) is 0. The molecule has 0 aromatic heterocycles. The number of carbonyl (C=O) groups is 1. The Balaban J connectivity index is 2.70. The first-order valence-corrected chi connectivity index (χ1v) is 8.34. The maximum atomic E-state index is 11.8. The Hall–Kier alpha value is -1.36. The monoisotopic (exact) mass is 271 g/mol. The van der Waals surface area contributed by atoms with E-state index in [-0.39, 0.29) is 0 Å². The van der Waals surface area contributed by atoms with E-state index < -0.39 is 21.6 Å². The number of hydrogen-bond acceptors (Lipinski definition) is 3. The molecule has 102 valence electrons. The zero-order valence-corrected chi connectivity index (χ0v) is 12.4. The Morgan fingerprint density at radius 1 is 1.17 bits per heavy atom. The van der Waals surface area contributed by atoms with Crippen molar-refractivity contribution in [3.63, 3.8) is 0 Å². The van der Waals surface area contributed by atoms with Gasteiger partial charge in [-0.2, -0.15) is 0 Å². The van der Waals surface area contributed by atoms with E-state index in [1.54, 1.807) is 57.5 Å². The molecular formula is C13H21NO3S. The number of thiol groups is 1. The van der Waals surface area contributed by atoms with Crippen LogP contribution in [0.4, 0.5) is 10.5 Å². The molecule has 1 aromatic rings. The molecule has 0 fully saturated rings. The van der Waals surface area contributed by atoms with Crippen molar-refractivity contribution < 1.29 is 13.7 Å². The van der Waals surface area contributed by atoms with Gasteiger partial charge in [-0.25, -0.2) is 4.79 Å². The largest absolute Gasteiger partial charge is 0.444 e. The van der Waals surface area contributed by atoms with Gasteiger partial charge in [-0.3, -0.25) is 9.53 Å². The molecule has 1 amide bonds. The van der Waals surface area contributed by atoms with Gasteiger partial charge in [0.25, 0.3) is 0 Å². The average Bonchev–Trinajstić information content (AvgIpc) is 2.13. The topological polar surface area (TPSA) is 55.4 Å². The Labute approximate surface area is 109 Å². The quantitative estimate of drug-likeness (QED) is 0.813. The molecule has 1 aromatic carbocycles. The highest BCUT2D eigenvalue weighted by atomic mass is 32.2. The van der Waals surface area contributed by atoms with E-state index in [0.29, 0.717) is 5.69 Å². The highest BCUT2D eigenvalue weighted by molar-refractivity contribution is 8.01. The molecule has 1 rings (SSSR count). The van der Waals surface area contributed by atoms with Crippen molar-refractivity contribution >= 4 is 21.7 Å². The number of benzene rings is 1. The second kappa shape index (κ2) is 5.10. The van der Waals surface area contributed by atoms with Crippen LogP contribution in [-0.4, -0.2) is 28.4 Å². The zero-order chi connectivity index (χ0) is 14.0. The molecule has 0 aliphatic carbocycles. The van der Waals surface area contributed by atoms with Crippen molar-refractivity contribution in [2.45, 2.75) is 31.3 Å². The molecule has 0 spiro atoms. The van der Waals surface area contributed by atoms with Gasteiger partial charge >= 0.3 is 6.09 Å². The summed E-state index contributed by atoms with van der Waals surface area (Å²) in [6.07, 6.45) is 2.93. The molecule has 0 unspecified atom stereocenters. The lowest BCUT2D eigenvalue weighted by molar-refractivity contribution is 0.0636. The highest BCUT2D eigenvalue weighted by Gasteiger charge is 2.16. The lowest BCUT2D eigenvalue weighted by Crippen LogP contribution is -2.27. The molecule has 0 radical (unpaired) electrons. The predicted octanol–water partition coefficient (Wildman–Crippen LogP) is 2.67. The van der Waals surface area contributed by atoms with Gasteiger partial charge < -0.3 is 4.74 Å². The minimum atomic E-state index is -2.25. The number of nitrogens with one attached hydrogen (secondary N) is 1. The van der Waals surface area contributed by atoms with Crippen LogP contribution < -0.4 is 5.32 Å². The third-order valence-corrected chi connectivity index (χ3v) is 3.68. The van der Waals surface area contributed by atoms with Crippen LogP contribution >= 0.6 is 0 Å². The molecule has 0 saturated carbocycles. The van der Waals surface area contributed by atoms with Crippen molar-refractivity contribution in [3.05, 3.63) is 24.3 Å². The average molecular weight is 271 g/mol. The van der Waals surface area contributed by atoms with E-state index in [4.69, 9.17) is 4.74 Å². The summed E-state index contributed by atoms with van der Waals surface area (Å²) in [6.45, 7) is 5.42. The van der Waals surface area contributed by atoms with E-state index in [9.17, 15) is 9.00 Å². The molecule has 0 heterocycles. The van der Waals surface area contributed by atoms with Crippen LogP contribution in [0.25, 0.3) is 0 Å². The molecule has 1 N–H and O–H groups in total. The fourth-order valence-corrected chi connectivity index (χ4v) is 2.19. The van der Waals surface area contributed by atoms with Gasteiger partial charge in [0.15, 0.2) is 0 Å². The number of hydrogen-bond donors (Lipinski definition) is 2. The molecular weight excluding hydrogens is 250 g/mol.